The van der Waals surface area contributed by atoms with Crippen molar-refractivity contribution < 1.29 is 0 Å². The Balaban J connectivity index is 2.08. The van der Waals surface area contributed by atoms with E-state index in [1.807, 2.05) is 60.1 Å². The summed E-state index contributed by atoms with van der Waals surface area (Å²) in [5.74, 6) is 0.954. The molecule has 2 aromatic carbocycles. The Morgan fingerprint density at radius 1 is 0.941 bits per heavy atom. The Labute approximate surface area is 99.7 Å². The summed E-state index contributed by atoms with van der Waals surface area (Å²) in [6.07, 6.45) is 0. The lowest BCUT2D eigenvalue weighted by atomic mass is 10.3. The van der Waals surface area contributed by atoms with Crippen molar-refractivity contribution in [3.05, 3.63) is 60.4 Å². The highest BCUT2D eigenvalue weighted by atomic mass is 15.4. The fourth-order valence-electron chi connectivity index (χ4n) is 1.93. The molecule has 0 atom stereocenters. The topological polar surface area (TPSA) is 29.9 Å². The third-order valence-corrected chi connectivity index (χ3v) is 2.74. The predicted molar refractivity (Wildman–Crippen MR) is 69.9 cm³/mol. The van der Waals surface area contributed by atoms with Gasteiger partial charge < -0.3 is 0 Å². The van der Waals surface area contributed by atoms with Crippen molar-refractivity contribution in [2.24, 2.45) is 0 Å². The summed E-state index contributed by atoms with van der Waals surface area (Å²) in [7, 11) is 0. The molecule has 17 heavy (non-hydrogen) atoms. The molecule has 3 heteroatoms. The van der Waals surface area contributed by atoms with Crippen molar-refractivity contribution in [2.45, 2.75) is 6.92 Å². The fourth-order valence-corrected chi connectivity index (χ4v) is 1.93. The Hall–Kier alpha value is -2.29. The lowest BCUT2D eigenvalue weighted by Gasteiger charge is -2.09. The van der Waals surface area contributed by atoms with Crippen LogP contribution in [0.4, 0.5) is 5.69 Å². The first-order valence-corrected chi connectivity index (χ1v) is 5.61. The summed E-state index contributed by atoms with van der Waals surface area (Å²) in [4.78, 5) is 4.51. The smallest absolute Gasteiger partial charge is 0.126 e. The van der Waals surface area contributed by atoms with Crippen LogP contribution in [0.25, 0.3) is 11.0 Å². The van der Waals surface area contributed by atoms with Crippen LogP contribution in [0.5, 0.6) is 0 Å². The summed E-state index contributed by atoms with van der Waals surface area (Å²) in [5.41, 5.74) is 6.50. The molecule has 3 rings (SSSR count). The monoisotopic (exact) mass is 223 g/mol. The third-order valence-electron chi connectivity index (χ3n) is 2.74. The van der Waals surface area contributed by atoms with Crippen molar-refractivity contribution >= 4 is 16.7 Å². The number of rotatable bonds is 2. The van der Waals surface area contributed by atoms with Crippen LogP contribution in [-0.2, 0) is 0 Å². The van der Waals surface area contributed by atoms with E-state index in [9.17, 15) is 0 Å². The number of nitrogens with zero attached hydrogens (tertiary/aromatic N) is 2. The molecule has 0 fully saturated rings. The number of anilines is 1. The molecule has 1 aromatic heterocycles. The highest BCUT2D eigenvalue weighted by Crippen LogP contribution is 2.16. The van der Waals surface area contributed by atoms with Crippen molar-refractivity contribution in [1.82, 2.24) is 9.66 Å². The van der Waals surface area contributed by atoms with Gasteiger partial charge in [-0.15, -0.1) is 0 Å². The highest BCUT2D eigenvalue weighted by Gasteiger charge is 2.05. The molecular formula is C14H13N3. The van der Waals surface area contributed by atoms with Crippen LogP contribution in [0.2, 0.25) is 0 Å². The molecule has 0 aliphatic carbocycles. The fraction of sp³-hybridized carbons (Fsp3) is 0.0714. The first-order chi connectivity index (χ1) is 8.34. The van der Waals surface area contributed by atoms with Crippen LogP contribution in [0.15, 0.2) is 54.6 Å². The minimum atomic E-state index is 0.954. The van der Waals surface area contributed by atoms with Gasteiger partial charge in [-0.25, -0.2) is 9.66 Å². The maximum absolute atomic E-state index is 4.51. The molecule has 0 unspecified atom stereocenters. The number of imidazole rings is 1. The van der Waals surface area contributed by atoms with Crippen LogP contribution in [0, 0.1) is 6.92 Å². The molecule has 84 valence electrons. The van der Waals surface area contributed by atoms with E-state index in [0.29, 0.717) is 0 Å². The first-order valence-electron chi connectivity index (χ1n) is 5.61. The molecule has 1 heterocycles. The largest absolute Gasteiger partial charge is 0.293 e. The molecule has 3 nitrogen and oxygen atoms in total. The van der Waals surface area contributed by atoms with E-state index in [0.717, 1.165) is 22.5 Å². The summed E-state index contributed by atoms with van der Waals surface area (Å²) in [5, 5.41) is 0. The lowest BCUT2D eigenvalue weighted by molar-refractivity contribution is 0.921. The van der Waals surface area contributed by atoms with E-state index in [1.165, 1.54) is 0 Å². The number of aromatic nitrogens is 2. The maximum atomic E-state index is 4.51. The number of aryl methyl sites for hydroxylation is 1. The van der Waals surface area contributed by atoms with Crippen LogP contribution in [0.3, 0.4) is 0 Å². The summed E-state index contributed by atoms with van der Waals surface area (Å²) < 4.78 is 2.00. The number of hydrogen-bond acceptors (Lipinski definition) is 2. The number of nitrogens with one attached hydrogen (secondary N) is 1. The van der Waals surface area contributed by atoms with Gasteiger partial charge in [0.1, 0.15) is 5.82 Å². The average molecular weight is 223 g/mol. The van der Waals surface area contributed by atoms with Gasteiger partial charge in [0.2, 0.25) is 0 Å². The molecule has 0 bridgehead atoms. The van der Waals surface area contributed by atoms with Crippen LogP contribution < -0.4 is 5.43 Å². The summed E-state index contributed by atoms with van der Waals surface area (Å²) in [6, 6.07) is 18.2. The minimum Gasteiger partial charge on any atom is -0.293 e. The van der Waals surface area contributed by atoms with Crippen molar-refractivity contribution in [3.63, 3.8) is 0 Å². The Morgan fingerprint density at radius 2 is 1.65 bits per heavy atom. The Morgan fingerprint density at radius 3 is 2.47 bits per heavy atom. The van der Waals surface area contributed by atoms with Gasteiger partial charge in [0.25, 0.3) is 0 Å². The van der Waals surface area contributed by atoms with E-state index in [2.05, 4.69) is 16.5 Å². The molecule has 0 radical (unpaired) electrons. The Kier molecular flexibility index (Phi) is 2.29. The van der Waals surface area contributed by atoms with Gasteiger partial charge in [0, 0.05) is 0 Å². The zero-order valence-corrected chi connectivity index (χ0v) is 9.59. The molecule has 0 aliphatic rings. The van der Waals surface area contributed by atoms with Crippen LogP contribution in [0.1, 0.15) is 5.82 Å². The number of benzene rings is 2. The Bertz CT molecular complexity index is 641. The predicted octanol–water partition coefficient (Wildman–Crippen LogP) is 3.22. The van der Waals surface area contributed by atoms with Gasteiger partial charge in [0.05, 0.1) is 16.7 Å². The molecule has 0 spiro atoms. The quantitative estimate of drug-likeness (QED) is 0.723. The highest BCUT2D eigenvalue weighted by molar-refractivity contribution is 5.76. The second kappa shape index (κ2) is 3.94. The van der Waals surface area contributed by atoms with Gasteiger partial charge in [0.15, 0.2) is 0 Å². The van der Waals surface area contributed by atoms with Crippen LogP contribution >= 0.6 is 0 Å². The van der Waals surface area contributed by atoms with E-state index in [4.69, 9.17) is 0 Å². The number of fused-ring (bicyclic) bond motifs is 1. The SMILES string of the molecule is Cc1nc2ccccc2n1Nc1ccccc1. The van der Waals surface area contributed by atoms with Crippen molar-refractivity contribution in [1.29, 1.82) is 0 Å². The lowest BCUT2D eigenvalue weighted by Crippen LogP contribution is -2.10. The number of para-hydroxylation sites is 3. The molecular weight excluding hydrogens is 210 g/mol. The summed E-state index contributed by atoms with van der Waals surface area (Å²) in [6.45, 7) is 2.00. The molecule has 3 aromatic rings. The van der Waals surface area contributed by atoms with Gasteiger partial charge in [-0.05, 0) is 31.2 Å². The zero-order chi connectivity index (χ0) is 11.7. The van der Waals surface area contributed by atoms with Gasteiger partial charge >= 0.3 is 0 Å². The number of hydrogen-bond donors (Lipinski definition) is 1. The van der Waals surface area contributed by atoms with E-state index in [-0.39, 0.29) is 0 Å². The summed E-state index contributed by atoms with van der Waals surface area (Å²) >= 11 is 0. The first kappa shape index (κ1) is 9.90. The van der Waals surface area contributed by atoms with Gasteiger partial charge in [-0.2, -0.15) is 0 Å². The van der Waals surface area contributed by atoms with Crippen molar-refractivity contribution in [2.75, 3.05) is 5.43 Å². The van der Waals surface area contributed by atoms with Crippen LogP contribution in [-0.4, -0.2) is 9.66 Å². The van der Waals surface area contributed by atoms with E-state index >= 15 is 0 Å². The molecule has 0 saturated carbocycles. The van der Waals surface area contributed by atoms with E-state index in [1.54, 1.807) is 0 Å². The normalized spacial score (nSPS) is 10.6. The van der Waals surface area contributed by atoms with Gasteiger partial charge in [-0.1, -0.05) is 30.3 Å². The van der Waals surface area contributed by atoms with Gasteiger partial charge in [-0.3, -0.25) is 5.43 Å². The average Bonchev–Trinajstić information content (AvgIpc) is 2.68. The molecule has 0 aliphatic heterocycles. The molecule has 0 amide bonds. The second-order valence-corrected chi connectivity index (χ2v) is 3.96. The maximum Gasteiger partial charge on any atom is 0.126 e. The molecule has 1 N–H and O–H groups in total. The zero-order valence-electron chi connectivity index (χ0n) is 9.59. The minimum absolute atomic E-state index is 0.954. The third kappa shape index (κ3) is 1.76. The standard InChI is InChI=1S/C14H13N3/c1-11-15-13-9-5-6-10-14(13)17(11)16-12-7-3-2-4-8-12/h2-10,16H,1H3. The second-order valence-electron chi connectivity index (χ2n) is 3.96. The van der Waals surface area contributed by atoms with Crippen molar-refractivity contribution in [3.8, 4) is 0 Å². The molecule has 0 saturated heterocycles. The van der Waals surface area contributed by atoms with E-state index < -0.39 is 0 Å².